The molecule has 39 heavy (non-hydrogen) atoms. The first kappa shape index (κ1) is 25.1. The fourth-order valence-electron chi connectivity index (χ4n) is 6.01. The number of aromatic nitrogens is 3. The van der Waals surface area contributed by atoms with Gasteiger partial charge in [-0.1, -0.05) is 24.3 Å². The van der Waals surface area contributed by atoms with E-state index in [-0.39, 0.29) is 17.4 Å². The largest absolute Gasteiger partial charge is 0.347 e. The standard InChI is InChI=1S/C31H34N6O2/c1-22-14-17-33-37(22)27-10-6-25(7-11-27)21-35-18-19-36-28(12-13-29(36)31(35)15-3-16-31)30(39)32-20-24-4-8-26(9-5-24)34-23(2)38/h4-14,17H,3,15-16,18-21H2,1-2H3,(H,32,39)(H,34,38). The second kappa shape index (κ2) is 10.2. The maximum atomic E-state index is 13.2. The van der Waals surface area contributed by atoms with Crippen LogP contribution in [-0.4, -0.2) is 37.6 Å². The second-order valence-corrected chi connectivity index (χ2v) is 10.7. The van der Waals surface area contributed by atoms with E-state index in [1.807, 2.05) is 47.3 Å². The number of anilines is 1. The summed E-state index contributed by atoms with van der Waals surface area (Å²) in [4.78, 5) is 27.0. The molecule has 4 aromatic rings. The molecule has 3 heterocycles. The van der Waals surface area contributed by atoms with Gasteiger partial charge in [-0.25, -0.2) is 4.68 Å². The van der Waals surface area contributed by atoms with Gasteiger partial charge in [-0.2, -0.15) is 5.10 Å². The van der Waals surface area contributed by atoms with Crippen molar-refractivity contribution in [2.75, 3.05) is 11.9 Å². The van der Waals surface area contributed by atoms with E-state index in [4.69, 9.17) is 0 Å². The summed E-state index contributed by atoms with van der Waals surface area (Å²) in [5.74, 6) is -0.158. The van der Waals surface area contributed by atoms with Crippen LogP contribution in [0.25, 0.3) is 5.69 Å². The molecule has 8 heteroatoms. The van der Waals surface area contributed by atoms with E-state index in [0.29, 0.717) is 6.54 Å². The monoisotopic (exact) mass is 522 g/mol. The van der Waals surface area contributed by atoms with Gasteiger partial charge in [-0.15, -0.1) is 0 Å². The van der Waals surface area contributed by atoms with Crippen molar-refractivity contribution >= 4 is 17.5 Å². The molecule has 1 spiro atoms. The minimum absolute atomic E-state index is 0.00638. The Morgan fingerprint density at radius 2 is 1.67 bits per heavy atom. The molecule has 0 atom stereocenters. The van der Waals surface area contributed by atoms with Gasteiger partial charge in [0.2, 0.25) is 5.91 Å². The quantitative estimate of drug-likeness (QED) is 0.366. The maximum Gasteiger partial charge on any atom is 0.268 e. The van der Waals surface area contributed by atoms with Crippen LogP contribution in [0.4, 0.5) is 5.69 Å². The summed E-state index contributed by atoms with van der Waals surface area (Å²) in [6.45, 7) is 6.57. The summed E-state index contributed by atoms with van der Waals surface area (Å²) in [6.07, 6.45) is 5.26. The van der Waals surface area contributed by atoms with Gasteiger partial charge < -0.3 is 15.2 Å². The predicted octanol–water partition coefficient (Wildman–Crippen LogP) is 4.77. The van der Waals surface area contributed by atoms with E-state index in [1.54, 1.807) is 0 Å². The zero-order valence-corrected chi connectivity index (χ0v) is 22.5. The first-order valence-electron chi connectivity index (χ1n) is 13.6. The van der Waals surface area contributed by atoms with Crippen LogP contribution in [0.2, 0.25) is 0 Å². The normalized spacial score (nSPS) is 15.9. The number of benzene rings is 2. The number of carbonyl (C=O) groups is 2. The number of amides is 2. The zero-order valence-electron chi connectivity index (χ0n) is 22.5. The third kappa shape index (κ3) is 4.76. The highest BCUT2D eigenvalue weighted by molar-refractivity contribution is 5.93. The lowest BCUT2D eigenvalue weighted by Gasteiger charge is -2.53. The van der Waals surface area contributed by atoms with E-state index in [9.17, 15) is 9.59 Å². The van der Waals surface area contributed by atoms with Crippen molar-refractivity contribution in [2.45, 2.75) is 58.3 Å². The van der Waals surface area contributed by atoms with Crippen LogP contribution in [0, 0.1) is 6.92 Å². The van der Waals surface area contributed by atoms with Crippen LogP contribution < -0.4 is 10.6 Å². The summed E-state index contributed by atoms with van der Waals surface area (Å²) in [7, 11) is 0. The third-order valence-electron chi connectivity index (χ3n) is 8.18. The van der Waals surface area contributed by atoms with E-state index in [2.05, 4.69) is 62.5 Å². The summed E-state index contributed by atoms with van der Waals surface area (Å²) < 4.78 is 4.19. The Morgan fingerprint density at radius 1 is 0.923 bits per heavy atom. The number of nitrogens with zero attached hydrogens (tertiary/aromatic N) is 4. The van der Waals surface area contributed by atoms with Crippen molar-refractivity contribution in [2.24, 2.45) is 0 Å². The van der Waals surface area contributed by atoms with E-state index in [1.165, 1.54) is 24.6 Å². The molecular formula is C31H34N6O2. The smallest absolute Gasteiger partial charge is 0.268 e. The number of carbonyl (C=O) groups excluding carboxylic acids is 2. The SMILES string of the molecule is CC(=O)Nc1ccc(CNC(=O)c2ccc3n2CCN(Cc2ccc(-n4nccc4C)cc2)C32CCC2)cc1. The Labute approximate surface area is 228 Å². The highest BCUT2D eigenvalue weighted by Gasteiger charge is 2.48. The van der Waals surface area contributed by atoms with Crippen LogP contribution in [-0.2, 0) is 30.0 Å². The molecule has 0 saturated heterocycles. The van der Waals surface area contributed by atoms with E-state index < -0.39 is 0 Å². The van der Waals surface area contributed by atoms with Crippen molar-refractivity contribution in [3.8, 4) is 5.69 Å². The van der Waals surface area contributed by atoms with Crippen LogP contribution in [0.3, 0.4) is 0 Å². The maximum absolute atomic E-state index is 13.2. The molecule has 2 amide bonds. The van der Waals surface area contributed by atoms with Crippen LogP contribution in [0.15, 0.2) is 72.9 Å². The Hall–Kier alpha value is -4.17. The van der Waals surface area contributed by atoms with Gasteiger partial charge >= 0.3 is 0 Å². The minimum atomic E-state index is -0.102. The molecular weight excluding hydrogens is 488 g/mol. The van der Waals surface area contributed by atoms with Gasteiger partial charge in [-0.3, -0.25) is 14.5 Å². The molecule has 6 rings (SSSR count). The number of nitrogens with one attached hydrogen (secondary N) is 2. The van der Waals surface area contributed by atoms with Gasteiger partial charge in [0.05, 0.1) is 11.2 Å². The highest BCUT2D eigenvalue weighted by Crippen LogP contribution is 2.49. The summed E-state index contributed by atoms with van der Waals surface area (Å²) >= 11 is 0. The lowest BCUT2D eigenvalue weighted by Crippen LogP contribution is -2.56. The Bertz CT molecular complexity index is 1490. The Kier molecular flexibility index (Phi) is 6.56. The molecule has 1 aliphatic carbocycles. The van der Waals surface area contributed by atoms with Crippen molar-refractivity contribution < 1.29 is 9.59 Å². The zero-order chi connectivity index (χ0) is 27.0. The van der Waals surface area contributed by atoms with Gasteiger partial charge in [0.15, 0.2) is 0 Å². The molecule has 0 radical (unpaired) electrons. The average molecular weight is 523 g/mol. The number of rotatable bonds is 7. The minimum Gasteiger partial charge on any atom is -0.347 e. The number of fused-ring (bicyclic) bond motifs is 2. The van der Waals surface area contributed by atoms with Crippen molar-refractivity contribution in [1.29, 1.82) is 0 Å². The number of hydrogen-bond donors (Lipinski definition) is 2. The van der Waals surface area contributed by atoms with Gasteiger partial charge in [0, 0.05) is 56.4 Å². The molecule has 2 aromatic heterocycles. The van der Waals surface area contributed by atoms with Crippen molar-refractivity contribution in [3.63, 3.8) is 0 Å². The molecule has 1 saturated carbocycles. The van der Waals surface area contributed by atoms with Gasteiger partial charge in [-0.05, 0) is 79.8 Å². The van der Waals surface area contributed by atoms with Crippen molar-refractivity contribution in [3.05, 3.63) is 101 Å². The fourth-order valence-corrected chi connectivity index (χ4v) is 6.01. The summed E-state index contributed by atoms with van der Waals surface area (Å²) in [5, 5.41) is 10.3. The molecule has 2 aromatic carbocycles. The predicted molar refractivity (Wildman–Crippen MR) is 151 cm³/mol. The van der Waals surface area contributed by atoms with Crippen molar-refractivity contribution in [1.82, 2.24) is 24.6 Å². The summed E-state index contributed by atoms with van der Waals surface area (Å²) in [6, 6.07) is 22.4. The molecule has 0 unspecified atom stereocenters. The number of hydrogen-bond acceptors (Lipinski definition) is 4. The molecule has 1 aliphatic heterocycles. The molecule has 200 valence electrons. The first-order chi connectivity index (χ1) is 18.9. The van der Waals surface area contributed by atoms with Gasteiger partial charge in [0.25, 0.3) is 5.91 Å². The molecule has 2 N–H and O–H groups in total. The van der Waals surface area contributed by atoms with Gasteiger partial charge in [0.1, 0.15) is 5.69 Å². The van der Waals surface area contributed by atoms with E-state index in [0.717, 1.165) is 60.8 Å². The lowest BCUT2D eigenvalue weighted by atomic mass is 9.71. The van der Waals surface area contributed by atoms with E-state index >= 15 is 0 Å². The average Bonchev–Trinajstić information content (AvgIpc) is 3.53. The molecule has 2 aliphatic rings. The number of aryl methyl sites for hydroxylation is 1. The Balaban J connectivity index is 1.14. The van der Waals surface area contributed by atoms with Crippen LogP contribution in [0.5, 0.6) is 0 Å². The van der Waals surface area contributed by atoms with Crippen LogP contribution >= 0.6 is 0 Å². The molecule has 0 bridgehead atoms. The van der Waals surface area contributed by atoms with Crippen LogP contribution in [0.1, 0.15) is 59.2 Å². The third-order valence-corrected chi connectivity index (χ3v) is 8.18. The second-order valence-electron chi connectivity index (χ2n) is 10.7. The lowest BCUT2D eigenvalue weighted by molar-refractivity contribution is -0.114. The topological polar surface area (TPSA) is 84.2 Å². The molecule has 8 nitrogen and oxygen atoms in total. The fraction of sp³-hybridized carbons (Fsp3) is 0.323. The molecule has 1 fully saturated rings. The Morgan fingerprint density at radius 3 is 2.31 bits per heavy atom. The highest BCUT2D eigenvalue weighted by atomic mass is 16.2. The first-order valence-corrected chi connectivity index (χ1v) is 13.6. The summed E-state index contributed by atoms with van der Waals surface area (Å²) in [5.41, 5.74) is 7.19.